The number of aromatic nitrogens is 1. The molecule has 186 valence electrons. The van der Waals surface area contributed by atoms with E-state index in [0.29, 0.717) is 20.6 Å². The molecule has 3 amide bonds. The number of primary sulfonamides is 1. The van der Waals surface area contributed by atoms with Crippen LogP contribution in [0.1, 0.15) is 16.4 Å². The number of amides is 3. The van der Waals surface area contributed by atoms with Crippen LogP contribution >= 0.6 is 34.7 Å². The number of thioether (sulfide) groups is 1. The van der Waals surface area contributed by atoms with Crippen molar-refractivity contribution < 1.29 is 22.8 Å². The minimum absolute atomic E-state index is 0.104. The maximum Gasteiger partial charge on any atom is 0.308 e. The van der Waals surface area contributed by atoms with Crippen LogP contribution in [0.5, 0.6) is 0 Å². The Balaban J connectivity index is 1.47. The van der Waals surface area contributed by atoms with Crippen LogP contribution in [0, 0.1) is 5.92 Å². The van der Waals surface area contributed by atoms with Gasteiger partial charge < -0.3 is 5.32 Å². The third kappa shape index (κ3) is 4.48. The third-order valence-electron chi connectivity index (χ3n) is 5.88. The minimum atomic E-state index is -3.87. The van der Waals surface area contributed by atoms with Crippen molar-refractivity contribution in [1.29, 1.82) is 0 Å². The molecule has 2 aromatic carbocycles. The Morgan fingerprint density at radius 2 is 1.72 bits per heavy atom. The van der Waals surface area contributed by atoms with E-state index in [1.807, 2.05) is 0 Å². The van der Waals surface area contributed by atoms with E-state index in [9.17, 15) is 27.6 Å². The number of carbonyl (C=O) groups excluding carboxylic acids is 3. The number of thiazole rings is 1. The van der Waals surface area contributed by atoms with E-state index >= 15 is 0 Å². The molecule has 3 heterocycles. The highest BCUT2D eigenvalue weighted by Gasteiger charge is 2.52. The van der Waals surface area contributed by atoms with E-state index in [1.54, 1.807) is 24.3 Å². The van der Waals surface area contributed by atoms with Crippen molar-refractivity contribution in [2.45, 2.75) is 27.6 Å². The van der Waals surface area contributed by atoms with Gasteiger partial charge in [-0.2, -0.15) is 0 Å². The maximum atomic E-state index is 13.0. The molecule has 2 aliphatic heterocycles. The Morgan fingerprint density at radius 1 is 1.06 bits per heavy atom. The smallest absolute Gasteiger partial charge is 0.308 e. The van der Waals surface area contributed by atoms with Crippen molar-refractivity contribution in [2.24, 2.45) is 11.1 Å². The normalized spacial score (nSPS) is 21.0. The van der Waals surface area contributed by atoms with Crippen molar-refractivity contribution in [3.05, 3.63) is 73.7 Å². The number of hydrogen-bond acceptors (Lipinski definition) is 8. The number of hydrogen-bond donors (Lipinski definition) is 3. The van der Waals surface area contributed by atoms with Crippen LogP contribution in [-0.2, 0) is 31.0 Å². The highest BCUT2D eigenvalue weighted by molar-refractivity contribution is 8.00. The molecule has 10 nitrogen and oxygen atoms in total. The number of nitrogens with one attached hydrogen (secondary N) is 2. The summed E-state index contributed by atoms with van der Waals surface area (Å²) in [5.74, 6) is -2.63. The molecule has 0 bridgehead atoms. The SMILES string of the molecule is NS(=O)(=O)c1ccc(NC(=O)Cn2c3c(sc2=O)C(c2ccc(Cl)cc2)C2C(=O)NC(=O)C2S3)cc1. The number of sulfonamides is 1. The zero-order valence-electron chi connectivity index (χ0n) is 18.1. The summed E-state index contributed by atoms with van der Waals surface area (Å²) in [6, 6.07) is 12.1. The standard InChI is InChI=1S/C22H17ClN4O6S3/c23-11-3-1-10(2-4-11)15-16-17(20(30)26-19(16)29)34-21-18(15)35-22(31)27(21)9-14(28)25-12-5-7-13(8-6-12)36(24,32)33/h1-8,15-17H,9H2,(H,25,28)(H2,24,32,33)(H,26,29,30). The van der Waals surface area contributed by atoms with Crippen LogP contribution in [-0.4, -0.2) is 36.0 Å². The largest absolute Gasteiger partial charge is 0.325 e. The summed E-state index contributed by atoms with van der Waals surface area (Å²) in [6.07, 6.45) is 0. The van der Waals surface area contributed by atoms with Crippen molar-refractivity contribution >= 4 is 68.1 Å². The van der Waals surface area contributed by atoms with E-state index in [2.05, 4.69) is 10.6 Å². The number of imide groups is 1. The number of benzene rings is 2. The third-order valence-corrected chi connectivity index (χ3v) is 9.68. The molecule has 0 spiro atoms. The molecule has 5 rings (SSSR count). The van der Waals surface area contributed by atoms with Crippen molar-refractivity contribution in [3.8, 4) is 0 Å². The minimum Gasteiger partial charge on any atom is -0.325 e. The van der Waals surface area contributed by atoms with Gasteiger partial charge in [-0.3, -0.25) is 29.1 Å². The Kier molecular flexibility index (Phi) is 6.29. The number of halogens is 1. The molecule has 3 unspecified atom stereocenters. The number of carbonyl (C=O) groups is 3. The Morgan fingerprint density at radius 3 is 2.36 bits per heavy atom. The average molecular weight is 565 g/mol. The van der Waals surface area contributed by atoms with Crippen LogP contribution in [0.15, 0.2) is 63.2 Å². The molecule has 3 aromatic rings. The Hall–Kier alpha value is -2.97. The van der Waals surface area contributed by atoms with Crippen molar-refractivity contribution in [2.75, 3.05) is 5.32 Å². The van der Waals surface area contributed by atoms with E-state index in [1.165, 1.54) is 28.8 Å². The highest BCUT2D eigenvalue weighted by Crippen LogP contribution is 2.51. The summed E-state index contributed by atoms with van der Waals surface area (Å²) in [5, 5.41) is 10.3. The number of anilines is 1. The van der Waals surface area contributed by atoms with E-state index in [0.717, 1.165) is 28.7 Å². The van der Waals surface area contributed by atoms with Gasteiger partial charge in [0.15, 0.2) is 0 Å². The van der Waals surface area contributed by atoms with Gasteiger partial charge >= 0.3 is 4.87 Å². The molecule has 36 heavy (non-hydrogen) atoms. The fraction of sp³-hybridized carbons (Fsp3) is 0.182. The molecular weight excluding hydrogens is 548 g/mol. The number of nitrogens with two attached hydrogens (primary N) is 1. The first-order chi connectivity index (χ1) is 17.0. The first-order valence-electron chi connectivity index (χ1n) is 10.5. The molecule has 4 N–H and O–H groups in total. The van der Waals surface area contributed by atoms with Gasteiger partial charge in [0.1, 0.15) is 11.8 Å². The molecule has 14 heteroatoms. The van der Waals surface area contributed by atoms with Gasteiger partial charge in [0.05, 0.1) is 15.8 Å². The first kappa shape index (κ1) is 24.7. The lowest BCUT2D eigenvalue weighted by molar-refractivity contribution is -0.126. The van der Waals surface area contributed by atoms with Gasteiger partial charge in [0, 0.05) is 21.5 Å². The van der Waals surface area contributed by atoms with Crippen LogP contribution in [0.4, 0.5) is 5.69 Å². The number of rotatable bonds is 5. The van der Waals surface area contributed by atoms with E-state index in [-0.39, 0.29) is 11.4 Å². The topological polar surface area (TPSA) is 157 Å². The Bertz CT molecular complexity index is 1560. The lowest BCUT2D eigenvalue weighted by atomic mass is 9.83. The fourth-order valence-corrected chi connectivity index (χ4v) is 7.66. The van der Waals surface area contributed by atoms with Crippen LogP contribution in [0.2, 0.25) is 5.02 Å². The summed E-state index contributed by atoms with van der Waals surface area (Å²) in [7, 11) is -3.87. The monoisotopic (exact) mass is 564 g/mol. The molecule has 1 saturated heterocycles. The van der Waals surface area contributed by atoms with Gasteiger partial charge in [-0.1, -0.05) is 46.8 Å². The molecule has 3 atom stereocenters. The molecule has 1 aromatic heterocycles. The predicted octanol–water partition coefficient (Wildman–Crippen LogP) is 1.73. The summed E-state index contributed by atoms with van der Waals surface area (Å²) >= 11 is 8.05. The van der Waals surface area contributed by atoms with Crippen LogP contribution in [0.3, 0.4) is 0 Å². The first-order valence-corrected chi connectivity index (χ1v) is 14.1. The quantitative estimate of drug-likeness (QED) is 0.398. The zero-order chi connectivity index (χ0) is 25.8. The van der Waals surface area contributed by atoms with Crippen molar-refractivity contribution in [3.63, 3.8) is 0 Å². The Labute approximate surface area is 217 Å². The van der Waals surface area contributed by atoms with Crippen molar-refractivity contribution in [1.82, 2.24) is 9.88 Å². The maximum absolute atomic E-state index is 13.0. The van der Waals surface area contributed by atoms with E-state index < -0.39 is 49.7 Å². The molecule has 2 aliphatic rings. The summed E-state index contributed by atoms with van der Waals surface area (Å²) in [5.41, 5.74) is 1.05. The zero-order valence-corrected chi connectivity index (χ0v) is 21.3. The van der Waals surface area contributed by atoms with Gasteiger partial charge in [-0.25, -0.2) is 13.6 Å². The van der Waals surface area contributed by atoms with Gasteiger partial charge in [0.25, 0.3) is 0 Å². The molecule has 1 fully saturated rings. The predicted molar refractivity (Wildman–Crippen MR) is 135 cm³/mol. The number of fused-ring (bicyclic) bond motifs is 2. The highest BCUT2D eigenvalue weighted by atomic mass is 35.5. The second-order valence-electron chi connectivity index (χ2n) is 8.19. The molecular formula is C22H17ClN4O6S3. The second-order valence-corrected chi connectivity index (χ2v) is 12.3. The average Bonchev–Trinajstić information content (AvgIpc) is 3.28. The van der Waals surface area contributed by atoms with Gasteiger partial charge in [-0.05, 0) is 42.0 Å². The van der Waals surface area contributed by atoms with Gasteiger partial charge in [-0.15, -0.1) is 0 Å². The molecule has 0 radical (unpaired) electrons. The second kappa shape index (κ2) is 9.16. The molecule has 0 saturated carbocycles. The van der Waals surface area contributed by atoms with Gasteiger partial charge in [0.2, 0.25) is 27.7 Å². The number of nitrogens with zero attached hydrogens (tertiary/aromatic N) is 1. The molecule has 0 aliphatic carbocycles. The van der Waals surface area contributed by atoms with Crippen LogP contribution < -0.4 is 20.6 Å². The summed E-state index contributed by atoms with van der Waals surface area (Å²) < 4.78 is 24.1. The van der Waals surface area contributed by atoms with E-state index in [4.69, 9.17) is 16.7 Å². The lowest BCUT2D eigenvalue weighted by Gasteiger charge is -2.30. The summed E-state index contributed by atoms with van der Waals surface area (Å²) in [4.78, 5) is 51.1. The summed E-state index contributed by atoms with van der Waals surface area (Å²) in [6.45, 7) is -0.338. The fourth-order valence-electron chi connectivity index (χ4n) is 4.28. The van der Waals surface area contributed by atoms with Crippen LogP contribution in [0.25, 0.3) is 0 Å². The lowest BCUT2D eigenvalue weighted by Crippen LogP contribution is -2.32.